The molecule has 65 valence electrons. The summed E-state index contributed by atoms with van der Waals surface area (Å²) in [5, 5.41) is 3.11. The minimum absolute atomic E-state index is 0.807. The van der Waals surface area contributed by atoms with Crippen molar-refractivity contribution < 1.29 is 0 Å². The van der Waals surface area contributed by atoms with E-state index in [0.29, 0.717) is 0 Å². The number of benzene rings is 2. The van der Waals surface area contributed by atoms with Crippen molar-refractivity contribution in [1.29, 1.82) is 0 Å². The third-order valence-corrected chi connectivity index (χ3v) is 2.51. The maximum Gasteiger partial charge on any atom is 0.0484 e. The van der Waals surface area contributed by atoms with Crippen LogP contribution < -0.4 is 0 Å². The monoisotopic (exact) mass is 189 g/mol. The van der Waals surface area contributed by atoms with E-state index in [4.69, 9.17) is 11.6 Å². The number of hydrogen-bond acceptors (Lipinski definition) is 0. The molecular weight excluding hydrogens is 180 g/mol. The molecular formula is C12H10Cl. The van der Waals surface area contributed by atoms with Crippen LogP contribution in [-0.2, 0) is 6.42 Å². The highest BCUT2D eigenvalue weighted by atomic mass is 35.5. The second-order valence-corrected chi connectivity index (χ2v) is 3.45. The summed E-state index contributed by atoms with van der Waals surface area (Å²) in [5.41, 5.74) is 1.22. The summed E-state index contributed by atoms with van der Waals surface area (Å²) in [4.78, 5) is 0. The lowest BCUT2D eigenvalue weighted by molar-refractivity contribution is 1.28. The Balaban J connectivity index is 2.74. The molecule has 0 fully saturated rings. The van der Waals surface area contributed by atoms with Crippen molar-refractivity contribution in [1.82, 2.24) is 0 Å². The molecule has 1 heteroatoms. The standard InChI is InChI=1S/C12H10Cl/c1-2-9-6-7-10-4-3-5-12(13)11(10)8-9/h3-8H,1-2H2. The molecule has 1 radical (unpaired) electrons. The van der Waals surface area contributed by atoms with Gasteiger partial charge in [0.15, 0.2) is 0 Å². The fraction of sp³-hybridized carbons (Fsp3) is 0.0833. The lowest BCUT2D eigenvalue weighted by Crippen LogP contribution is -1.80. The lowest BCUT2D eigenvalue weighted by atomic mass is 10.1. The van der Waals surface area contributed by atoms with Crippen LogP contribution in [0.15, 0.2) is 36.4 Å². The van der Waals surface area contributed by atoms with Gasteiger partial charge < -0.3 is 0 Å². The number of fused-ring (bicyclic) bond motifs is 1. The van der Waals surface area contributed by atoms with Gasteiger partial charge in [0.25, 0.3) is 0 Å². The van der Waals surface area contributed by atoms with E-state index in [1.54, 1.807) is 0 Å². The van der Waals surface area contributed by atoms with Gasteiger partial charge in [-0.2, -0.15) is 0 Å². The Morgan fingerprint density at radius 1 is 1.15 bits per heavy atom. The van der Waals surface area contributed by atoms with Gasteiger partial charge >= 0.3 is 0 Å². The van der Waals surface area contributed by atoms with Crippen LogP contribution in [0.2, 0.25) is 5.02 Å². The van der Waals surface area contributed by atoms with Gasteiger partial charge in [-0.1, -0.05) is 35.9 Å². The van der Waals surface area contributed by atoms with Crippen LogP contribution in [-0.4, -0.2) is 0 Å². The fourth-order valence-corrected chi connectivity index (χ4v) is 1.67. The Labute approximate surface area is 83.1 Å². The Morgan fingerprint density at radius 3 is 2.77 bits per heavy atom. The van der Waals surface area contributed by atoms with E-state index in [0.717, 1.165) is 16.8 Å². The normalized spacial score (nSPS) is 10.6. The third-order valence-electron chi connectivity index (χ3n) is 2.18. The largest absolute Gasteiger partial charge is 0.0837 e. The van der Waals surface area contributed by atoms with Gasteiger partial charge in [0.1, 0.15) is 0 Å². The van der Waals surface area contributed by atoms with Crippen LogP contribution in [0.3, 0.4) is 0 Å². The zero-order chi connectivity index (χ0) is 9.26. The molecule has 0 amide bonds. The number of halogens is 1. The molecule has 0 saturated heterocycles. The Morgan fingerprint density at radius 2 is 2.00 bits per heavy atom. The summed E-state index contributed by atoms with van der Waals surface area (Å²) in [6, 6.07) is 12.2. The summed E-state index contributed by atoms with van der Waals surface area (Å²) < 4.78 is 0. The van der Waals surface area contributed by atoms with Crippen molar-refractivity contribution in [2.75, 3.05) is 0 Å². The molecule has 0 aliphatic heterocycles. The highest BCUT2D eigenvalue weighted by Gasteiger charge is 1.98. The average Bonchev–Trinajstić information content (AvgIpc) is 2.18. The van der Waals surface area contributed by atoms with Gasteiger partial charge in [-0.25, -0.2) is 0 Å². The summed E-state index contributed by atoms with van der Waals surface area (Å²) in [5.74, 6) is 0. The summed E-state index contributed by atoms with van der Waals surface area (Å²) >= 11 is 6.07. The van der Waals surface area contributed by atoms with E-state index in [1.807, 2.05) is 12.1 Å². The van der Waals surface area contributed by atoms with E-state index in [2.05, 4.69) is 31.2 Å². The molecule has 2 aromatic carbocycles. The highest BCUT2D eigenvalue weighted by Crippen LogP contribution is 2.24. The molecule has 0 heterocycles. The predicted octanol–water partition coefficient (Wildman–Crippen LogP) is 3.87. The minimum atomic E-state index is 0.807. The fourth-order valence-electron chi connectivity index (χ4n) is 1.44. The Hall–Kier alpha value is -1.01. The zero-order valence-electron chi connectivity index (χ0n) is 7.26. The SMILES string of the molecule is [CH2]Cc1ccc2cccc(Cl)c2c1. The molecule has 0 atom stereocenters. The van der Waals surface area contributed by atoms with Crippen LogP contribution in [0.25, 0.3) is 10.8 Å². The second-order valence-electron chi connectivity index (χ2n) is 3.05. The third kappa shape index (κ3) is 1.54. The molecule has 2 aromatic rings. The van der Waals surface area contributed by atoms with Gasteiger partial charge in [0.2, 0.25) is 0 Å². The maximum atomic E-state index is 6.07. The smallest absolute Gasteiger partial charge is 0.0484 e. The lowest BCUT2D eigenvalue weighted by Gasteiger charge is -2.02. The van der Waals surface area contributed by atoms with Gasteiger partial charge in [-0.05, 0) is 36.4 Å². The molecule has 2 rings (SSSR count). The minimum Gasteiger partial charge on any atom is -0.0837 e. The molecule has 0 nitrogen and oxygen atoms in total. The quantitative estimate of drug-likeness (QED) is 0.639. The molecule has 0 bridgehead atoms. The average molecular weight is 190 g/mol. The van der Waals surface area contributed by atoms with Crippen LogP contribution >= 0.6 is 11.6 Å². The van der Waals surface area contributed by atoms with Crippen LogP contribution in [0, 0.1) is 6.92 Å². The van der Waals surface area contributed by atoms with E-state index in [-0.39, 0.29) is 0 Å². The maximum absolute atomic E-state index is 6.07. The van der Waals surface area contributed by atoms with Crippen molar-refractivity contribution in [2.45, 2.75) is 6.42 Å². The van der Waals surface area contributed by atoms with Crippen LogP contribution in [0.5, 0.6) is 0 Å². The molecule has 0 spiro atoms. The molecule has 0 aromatic heterocycles. The zero-order valence-corrected chi connectivity index (χ0v) is 8.01. The first-order valence-electron chi connectivity index (χ1n) is 4.27. The summed E-state index contributed by atoms with van der Waals surface area (Å²) in [6.45, 7) is 3.85. The summed E-state index contributed by atoms with van der Waals surface area (Å²) in [6.07, 6.45) is 0.807. The first-order valence-corrected chi connectivity index (χ1v) is 4.65. The molecule has 0 aliphatic carbocycles. The van der Waals surface area contributed by atoms with E-state index in [9.17, 15) is 0 Å². The van der Waals surface area contributed by atoms with Crippen molar-refractivity contribution in [3.63, 3.8) is 0 Å². The van der Waals surface area contributed by atoms with E-state index < -0.39 is 0 Å². The van der Waals surface area contributed by atoms with E-state index in [1.165, 1.54) is 10.9 Å². The summed E-state index contributed by atoms with van der Waals surface area (Å²) in [7, 11) is 0. The first kappa shape index (κ1) is 8.58. The van der Waals surface area contributed by atoms with Crippen molar-refractivity contribution in [2.24, 2.45) is 0 Å². The van der Waals surface area contributed by atoms with Gasteiger partial charge in [0, 0.05) is 10.4 Å². The van der Waals surface area contributed by atoms with Crippen LogP contribution in [0.1, 0.15) is 5.56 Å². The van der Waals surface area contributed by atoms with Gasteiger partial charge in [-0.3, -0.25) is 0 Å². The molecule has 13 heavy (non-hydrogen) atoms. The topological polar surface area (TPSA) is 0 Å². The van der Waals surface area contributed by atoms with Crippen molar-refractivity contribution >= 4 is 22.4 Å². The first-order chi connectivity index (χ1) is 6.31. The van der Waals surface area contributed by atoms with Gasteiger partial charge in [0.05, 0.1) is 0 Å². The van der Waals surface area contributed by atoms with Gasteiger partial charge in [-0.15, -0.1) is 0 Å². The molecule has 0 aliphatic rings. The van der Waals surface area contributed by atoms with Crippen molar-refractivity contribution in [3.8, 4) is 0 Å². The molecule has 0 saturated carbocycles. The predicted molar refractivity (Wildman–Crippen MR) is 58.0 cm³/mol. The molecule has 0 N–H and O–H groups in total. The highest BCUT2D eigenvalue weighted by molar-refractivity contribution is 6.35. The number of hydrogen-bond donors (Lipinski definition) is 0. The Kier molecular flexibility index (Phi) is 2.24. The van der Waals surface area contributed by atoms with E-state index >= 15 is 0 Å². The molecule has 0 unspecified atom stereocenters. The van der Waals surface area contributed by atoms with Crippen LogP contribution in [0.4, 0.5) is 0 Å². The Bertz CT molecular complexity index is 432. The second kappa shape index (κ2) is 3.39. The van der Waals surface area contributed by atoms with Crippen molar-refractivity contribution in [3.05, 3.63) is 53.9 Å². The number of rotatable bonds is 1.